The van der Waals surface area contributed by atoms with E-state index in [0.717, 1.165) is 10.9 Å². The molecule has 2 aromatic rings. The molecule has 0 amide bonds. The van der Waals surface area contributed by atoms with Gasteiger partial charge < -0.3 is 10.1 Å². The fourth-order valence-corrected chi connectivity index (χ4v) is 2.40. The van der Waals surface area contributed by atoms with Gasteiger partial charge in [0.05, 0.1) is 5.52 Å². The summed E-state index contributed by atoms with van der Waals surface area (Å²) in [5.41, 5.74) is -1.41. The maximum Gasteiger partial charge on any atom is 0.429 e. The lowest BCUT2D eigenvalue weighted by Gasteiger charge is -2.31. The minimum atomic E-state index is -4.40. The molecule has 1 aromatic heterocycles. The molecule has 1 N–H and O–H groups in total. The summed E-state index contributed by atoms with van der Waals surface area (Å²) in [6.45, 7) is 0.0796. The number of hydrogen-bond acceptors (Lipinski definition) is 3. The molecule has 2 heterocycles. The zero-order valence-electron chi connectivity index (χ0n) is 10.6. The summed E-state index contributed by atoms with van der Waals surface area (Å²) in [5, 5.41) is 3.48. The van der Waals surface area contributed by atoms with Crippen LogP contribution in [0.15, 0.2) is 36.5 Å². The molecular formula is C14H13F3N2O. The van der Waals surface area contributed by atoms with Gasteiger partial charge in [0.2, 0.25) is 5.60 Å². The van der Waals surface area contributed by atoms with E-state index in [1.807, 2.05) is 0 Å². The Labute approximate surface area is 113 Å². The van der Waals surface area contributed by atoms with E-state index in [1.165, 1.54) is 6.07 Å². The summed E-state index contributed by atoms with van der Waals surface area (Å²) in [6, 6.07) is 8.32. The molecule has 0 radical (unpaired) electrons. The van der Waals surface area contributed by atoms with Crippen molar-refractivity contribution in [1.29, 1.82) is 0 Å². The molecule has 3 nitrogen and oxygen atoms in total. The van der Waals surface area contributed by atoms with Gasteiger partial charge in [-0.2, -0.15) is 13.2 Å². The molecule has 1 fully saturated rings. The van der Waals surface area contributed by atoms with Crippen LogP contribution in [0.1, 0.15) is 6.42 Å². The molecule has 1 aromatic carbocycles. The van der Waals surface area contributed by atoms with Gasteiger partial charge in [-0.05, 0) is 30.8 Å². The summed E-state index contributed by atoms with van der Waals surface area (Å²) >= 11 is 0. The fourth-order valence-electron chi connectivity index (χ4n) is 2.40. The van der Waals surface area contributed by atoms with Gasteiger partial charge in [0.25, 0.3) is 0 Å². The maximum absolute atomic E-state index is 13.2. The Morgan fingerprint density at radius 3 is 2.80 bits per heavy atom. The quantitative estimate of drug-likeness (QED) is 0.919. The molecule has 0 saturated carbocycles. The highest BCUT2D eigenvalue weighted by Gasteiger charge is 2.58. The van der Waals surface area contributed by atoms with Crippen molar-refractivity contribution in [3.63, 3.8) is 0 Å². The van der Waals surface area contributed by atoms with Crippen molar-refractivity contribution in [2.45, 2.75) is 18.2 Å². The maximum atomic E-state index is 13.2. The van der Waals surface area contributed by atoms with Crippen molar-refractivity contribution in [2.75, 3.05) is 13.1 Å². The number of alkyl halides is 3. The molecule has 1 atom stereocenters. The van der Waals surface area contributed by atoms with Crippen LogP contribution in [0.4, 0.5) is 13.2 Å². The van der Waals surface area contributed by atoms with E-state index in [-0.39, 0.29) is 18.7 Å². The zero-order valence-corrected chi connectivity index (χ0v) is 10.6. The average molecular weight is 282 g/mol. The van der Waals surface area contributed by atoms with Gasteiger partial charge in [-0.1, -0.05) is 6.07 Å². The molecule has 0 aliphatic carbocycles. The fraction of sp³-hybridized carbons (Fsp3) is 0.357. The second-order valence-electron chi connectivity index (χ2n) is 4.88. The van der Waals surface area contributed by atoms with E-state index in [0.29, 0.717) is 6.54 Å². The van der Waals surface area contributed by atoms with Crippen LogP contribution in [0.25, 0.3) is 10.9 Å². The Bertz CT molecular complexity index is 621. The Hall–Kier alpha value is -1.82. The van der Waals surface area contributed by atoms with Crippen LogP contribution in [0.2, 0.25) is 0 Å². The van der Waals surface area contributed by atoms with Crippen molar-refractivity contribution in [3.05, 3.63) is 36.5 Å². The SMILES string of the molecule is FC(F)(F)C1(Oc2ccc3ncccc3c2)CCNC1. The zero-order chi connectivity index (χ0) is 14.2. The van der Waals surface area contributed by atoms with Crippen LogP contribution in [-0.4, -0.2) is 29.9 Å². The lowest BCUT2D eigenvalue weighted by atomic mass is 10.0. The molecule has 3 rings (SSSR count). The minimum Gasteiger partial charge on any atom is -0.476 e. The Morgan fingerprint density at radius 2 is 2.10 bits per heavy atom. The number of hydrogen-bond donors (Lipinski definition) is 1. The van der Waals surface area contributed by atoms with Crippen LogP contribution < -0.4 is 10.1 Å². The average Bonchev–Trinajstić information content (AvgIpc) is 2.88. The highest BCUT2D eigenvalue weighted by atomic mass is 19.4. The third-order valence-electron chi connectivity index (χ3n) is 3.52. The number of nitrogens with zero attached hydrogens (tertiary/aromatic N) is 1. The first-order valence-electron chi connectivity index (χ1n) is 6.31. The van der Waals surface area contributed by atoms with E-state index in [4.69, 9.17) is 4.74 Å². The standard InChI is InChI=1S/C14H13F3N2O/c15-14(16,17)13(5-7-18-9-13)20-11-3-4-12-10(8-11)2-1-6-19-12/h1-4,6,8,18H,5,7,9H2. The number of fused-ring (bicyclic) bond motifs is 1. The molecule has 1 aliphatic heterocycles. The lowest BCUT2D eigenvalue weighted by molar-refractivity contribution is -0.240. The number of rotatable bonds is 2. The van der Waals surface area contributed by atoms with Crippen LogP contribution >= 0.6 is 0 Å². The summed E-state index contributed by atoms with van der Waals surface area (Å²) < 4.78 is 45.0. The van der Waals surface area contributed by atoms with Crippen molar-refractivity contribution in [2.24, 2.45) is 0 Å². The summed E-state index contributed by atoms with van der Waals surface area (Å²) in [7, 11) is 0. The largest absolute Gasteiger partial charge is 0.476 e. The van der Waals surface area contributed by atoms with Gasteiger partial charge in [0, 0.05) is 24.5 Å². The minimum absolute atomic E-state index is 0.0818. The number of pyridine rings is 1. The summed E-state index contributed by atoms with van der Waals surface area (Å²) in [5.74, 6) is 0.214. The van der Waals surface area contributed by atoms with Crippen LogP contribution in [-0.2, 0) is 0 Å². The highest BCUT2D eigenvalue weighted by molar-refractivity contribution is 5.79. The molecule has 0 spiro atoms. The normalized spacial score (nSPS) is 23.1. The van der Waals surface area contributed by atoms with Gasteiger partial charge >= 0.3 is 6.18 Å². The molecule has 20 heavy (non-hydrogen) atoms. The Balaban J connectivity index is 1.95. The molecule has 1 unspecified atom stereocenters. The molecule has 1 saturated heterocycles. The van der Waals surface area contributed by atoms with Gasteiger partial charge in [0.15, 0.2) is 0 Å². The van der Waals surface area contributed by atoms with Crippen LogP contribution in [0.3, 0.4) is 0 Å². The van der Waals surface area contributed by atoms with Crippen LogP contribution in [0.5, 0.6) is 5.75 Å². The molecule has 0 bridgehead atoms. The smallest absolute Gasteiger partial charge is 0.429 e. The summed E-state index contributed by atoms with van der Waals surface area (Å²) in [4.78, 5) is 4.13. The third kappa shape index (κ3) is 2.20. The number of ether oxygens (including phenoxy) is 1. The predicted molar refractivity (Wildman–Crippen MR) is 68.6 cm³/mol. The topological polar surface area (TPSA) is 34.1 Å². The second kappa shape index (κ2) is 4.63. The van der Waals surface area contributed by atoms with Gasteiger partial charge in [0.1, 0.15) is 5.75 Å². The molecule has 106 valence electrons. The van der Waals surface area contributed by atoms with Gasteiger partial charge in [-0.15, -0.1) is 0 Å². The van der Waals surface area contributed by atoms with Gasteiger partial charge in [-0.3, -0.25) is 4.98 Å². The monoisotopic (exact) mass is 282 g/mol. The highest BCUT2D eigenvalue weighted by Crippen LogP contribution is 2.39. The van der Waals surface area contributed by atoms with E-state index in [1.54, 1.807) is 30.5 Å². The number of aromatic nitrogens is 1. The lowest BCUT2D eigenvalue weighted by Crippen LogP contribution is -2.52. The first kappa shape index (κ1) is 13.2. The third-order valence-corrected chi connectivity index (χ3v) is 3.52. The number of benzene rings is 1. The summed E-state index contributed by atoms with van der Waals surface area (Å²) in [6.07, 6.45) is -2.84. The van der Waals surface area contributed by atoms with Crippen LogP contribution in [0, 0.1) is 0 Å². The molecular weight excluding hydrogens is 269 g/mol. The second-order valence-corrected chi connectivity index (χ2v) is 4.88. The molecule has 1 aliphatic rings. The number of halogens is 3. The van der Waals surface area contributed by atoms with Crippen molar-refractivity contribution < 1.29 is 17.9 Å². The van der Waals surface area contributed by atoms with Gasteiger partial charge in [-0.25, -0.2) is 0 Å². The van der Waals surface area contributed by atoms with E-state index in [9.17, 15) is 13.2 Å². The van der Waals surface area contributed by atoms with Crippen molar-refractivity contribution in [3.8, 4) is 5.75 Å². The first-order valence-corrected chi connectivity index (χ1v) is 6.31. The predicted octanol–water partition coefficient (Wildman–Crippen LogP) is 2.91. The van der Waals surface area contributed by atoms with E-state index < -0.39 is 11.8 Å². The van der Waals surface area contributed by atoms with E-state index >= 15 is 0 Å². The van der Waals surface area contributed by atoms with E-state index in [2.05, 4.69) is 10.3 Å². The molecule has 6 heteroatoms. The van der Waals surface area contributed by atoms with Crippen molar-refractivity contribution in [1.82, 2.24) is 10.3 Å². The Kier molecular flexibility index (Phi) is 3.05. The first-order chi connectivity index (χ1) is 9.50. The Morgan fingerprint density at radius 1 is 1.25 bits per heavy atom. The van der Waals surface area contributed by atoms with Crippen molar-refractivity contribution >= 4 is 10.9 Å². The number of nitrogens with one attached hydrogen (secondary N) is 1.